The summed E-state index contributed by atoms with van der Waals surface area (Å²) in [4.78, 5) is 0. The lowest BCUT2D eigenvalue weighted by molar-refractivity contribution is 0.503. The van der Waals surface area contributed by atoms with Crippen LogP contribution in [0.3, 0.4) is 0 Å². The Morgan fingerprint density at radius 2 is 1.94 bits per heavy atom. The molecular formula is C11H11F2N3. The molecule has 0 bridgehead atoms. The molecule has 1 aromatic heterocycles. The van der Waals surface area contributed by atoms with Gasteiger partial charge in [-0.1, -0.05) is 0 Å². The Balaban J connectivity index is 2.56. The lowest BCUT2D eigenvalue weighted by Gasteiger charge is -2.01. The van der Waals surface area contributed by atoms with Crippen LogP contribution in [0.15, 0.2) is 18.2 Å². The zero-order valence-electron chi connectivity index (χ0n) is 8.96. The van der Waals surface area contributed by atoms with E-state index in [1.807, 2.05) is 0 Å². The number of hydrogen-bond donors (Lipinski definition) is 1. The molecule has 84 valence electrons. The predicted molar refractivity (Wildman–Crippen MR) is 57.7 cm³/mol. The van der Waals surface area contributed by atoms with Gasteiger partial charge in [0.05, 0.1) is 5.69 Å². The number of anilines is 1. The fourth-order valence-electron chi connectivity index (χ4n) is 1.50. The summed E-state index contributed by atoms with van der Waals surface area (Å²) in [6.45, 7) is 1.51. The van der Waals surface area contributed by atoms with Gasteiger partial charge in [-0.3, -0.25) is 4.68 Å². The highest BCUT2D eigenvalue weighted by molar-refractivity contribution is 5.63. The van der Waals surface area contributed by atoms with E-state index in [1.165, 1.54) is 11.6 Å². The van der Waals surface area contributed by atoms with E-state index in [9.17, 15) is 8.78 Å². The van der Waals surface area contributed by atoms with E-state index in [0.717, 1.165) is 6.07 Å². The van der Waals surface area contributed by atoms with Gasteiger partial charge in [-0.05, 0) is 24.6 Å². The third kappa shape index (κ3) is 1.64. The van der Waals surface area contributed by atoms with Gasteiger partial charge >= 0.3 is 0 Å². The summed E-state index contributed by atoms with van der Waals surface area (Å²) in [5.41, 5.74) is 6.91. The Hall–Kier alpha value is -1.91. The maximum atomic E-state index is 13.2. The highest BCUT2D eigenvalue weighted by Gasteiger charge is 2.11. The zero-order chi connectivity index (χ0) is 11.9. The number of nitrogens with two attached hydrogens (primary N) is 1. The van der Waals surface area contributed by atoms with Crippen molar-refractivity contribution >= 4 is 5.82 Å². The summed E-state index contributed by atoms with van der Waals surface area (Å²) >= 11 is 0. The molecule has 5 heteroatoms. The topological polar surface area (TPSA) is 43.8 Å². The minimum Gasteiger partial charge on any atom is -0.384 e. The Kier molecular flexibility index (Phi) is 2.38. The molecule has 3 nitrogen and oxygen atoms in total. The number of halogens is 2. The zero-order valence-corrected chi connectivity index (χ0v) is 8.96. The van der Waals surface area contributed by atoms with Crippen LogP contribution in [0.4, 0.5) is 14.6 Å². The smallest absolute Gasteiger partial charge is 0.161 e. The molecule has 0 amide bonds. The standard InChI is InChI=1S/C11H11F2N3/c1-6-3-7(4-8(12)11(6)13)9-5-10(14)16(2)15-9/h3-5H,14H2,1-2H3. The molecule has 0 saturated carbocycles. The Morgan fingerprint density at radius 3 is 2.44 bits per heavy atom. The number of benzene rings is 1. The first-order chi connectivity index (χ1) is 7.49. The van der Waals surface area contributed by atoms with Crippen molar-refractivity contribution < 1.29 is 8.78 Å². The van der Waals surface area contributed by atoms with Crippen molar-refractivity contribution in [2.75, 3.05) is 5.73 Å². The normalized spacial score (nSPS) is 10.8. The summed E-state index contributed by atoms with van der Waals surface area (Å²) in [6, 6.07) is 4.27. The number of hydrogen-bond acceptors (Lipinski definition) is 2. The Morgan fingerprint density at radius 1 is 1.25 bits per heavy atom. The summed E-state index contributed by atoms with van der Waals surface area (Å²) in [7, 11) is 1.69. The van der Waals surface area contributed by atoms with E-state index in [1.54, 1.807) is 19.2 Å². The fourth-order valence-corrected chi connectivity index (χ4v) is 1.50. The van der Waals surface area contributed by atoms with Gasteiger partial charge in [0.15, 0.2) is 11.6 Å². The second-order valence-electron chi connectivity index (χ2n) is 3.67. The van der Waals surface area contributed by atoms with Crippen LogP contribution >= 0.6 is 0 Å². The maximum Gasteiger partial charge on any atom is 0.161 e. The van der Waals surface area contributed by atoms with E-state index in [4.69, 9.17) is 5.73 Å². The number of aromatic nitrogens is 2. The number of nitrogens with zero attached hydrogens (tertiary/aromatic N) is 2. The molecule has 1 heterocycles. The molecule has 1 aromatic carbocycles. The molecule has 0 unspecified atom stereocenters. The molecule has 0 saturated heterocycles. The van der Waals surface area contributed by atoms with Crippen molar-refractivity contribution in [3.63, 3.8) is 0 Å². The van der Waals surface area contributed by atoms with Crippen LogP contribution in [0.1, 0.15) is 5.56 Å². The monoisotopic (exact) mass is 223 g/mol. The van der Waals surface area contributed by atoms with Gasteiger partial charge in [-0.2, -0.15) is 5.10 Å². The number of nitrogen functional groups attached to an aromatic ring is 1. The second-order valence-corrected chi connectivity index (χ2v) is 3.67. The van der Waals surface area contributed by atoms with E-state index in [0.29, 0.717) is 17.1 Å². The summed E-state index contributed by atoms with van der Waals surface area (Å²) in [5.74, 6) is -1.23. The van der Waals surface area contributed by atoms with Crippen LogP contribution < -0.4 is 5.73 Å². The highest BCUT2D eigenvalue weighted by Crippen LogP contribution is 2.24. The lowest BCUT2D eigenvalue weighted by atomic mass is 10.1. The average molecular weight is 223 g/mol. The van der Waals surface area contributed by atoms with Crippen LogP contribution in [0.2, 0.25) is 0 Å². The van der Waals surface area contributed by atoms with Gasteiger partial charge in [0, 0.05) is 18.7 Å². The van der Waals surface area contributed by atoms with Crippen LogP contribution in [-0.4, -0.2) is 9.78 Å². The molecule has 0 aliphatic heterocycles. The van der Waals surface area contributed by atoms with Crippen molar-refractivity contribution in [2.45, 2.75) is 6.92 Å². The van der Waals surface area contributed by atoms with Gasteiger partial charge in [-0.25, -0.2) is 8.78 Å². The van der Waals surface area contributed by atoms with Gasteiger partial charge in [0.1, 0.15) is 5.82 Å². The van der Waals surface area contributed by atoms with Crippen molar-refractivity contribution in [3.05, 3.63) is 35.4 Å². The molecule has 0 aliphatic rings. The number of aryl methyl sites for hydroxylation is 2. The molecule has 0 fully saturated rings. The predicted octanol–water partition coefficient (Wildman–Crippen LogP) is 2.26. The minimum atomic E-state index is -0.876. The van der Waals surface area contributed by atoms with E-state index in [2.05, 4.69) is 5.10 Å². The summed E-state index contributed by atoms with van der Waals surface area (Å²) in [5, 5.41) is 4.09. The van der Waals surface area contributed by atoms with E-state index >= 15 is 0 Å². The summed E-state index contributed by atoms with van der Waals surface area (Å²) < 4.78 is 27.8. The SMILES string of the molecule is Cc1cc(-c2cc(N)n(C)n2)cc(F)c1F. The van der Waals surface area contributed by atoms with E-state index < -0.39 is 11.6 Å². The molecule has 0 radical (unpaired) electrons. The second kappa shape index (κ2) is 3.59. The van der Waals surface area contributed by atoms with Crippen LogP contribution in [0, 0.1) is 18.6 Å². The van der Waals surface area contributed by atoms with Gasteiger partial charge in [0.2, 0.25) is 0 Å². The van der Waals surface area contributed by atoms with Crippen molar-refractivity contribution in [2.24, 2.45) is 7.05 Å². The first-order valence-electron chi connectivity index (χ1n) is 4.74. The lowest BCUT2D eigenvalue weighted by Crippen LogP contribution is -1.96. The Labute approximate surface area is 91.5 Å². The van der Waals surface area contributed by atoms with Gasteiger partial charge in [-0.15, -0.1) is 0 Å². The van der Waals surface area contributed by atoms with Crippen molar-refractivity contribution in [1.29, 1.82) is 0 Å². The quantitative estimate of drug-likeness (QED) is 0.805. The van der Waals surface area contributed by atoms with E-state index in [-0.39, 0.29) is 5.56 Å². The molecule has 16 heavy (non-hydrogen) atoms. The molecule has 2 N–H and O–H groups in total. The first-order valence-corrected chi connectivity index (χ1v) is 4.74. The molecular weight excluding hydrogens is 212 g/mol. The molecule has 2 rings (SSSR count). The average Bonchev–Trinajstić information content (AvgIpc) is 2.55. The minimum absolute atomic E-state index is 0.249. The molecule has 0 atom stereocenters. The molecule has 0 spiro atoms. The third-order valence-electron chi connectivity index (χ3n) is 2.42. The fraction of sp³-hybridized carbons (Fsp3) is 0.182. The van der Waals surface area contributed by atoms with Crippen LogP contribution in [0.25, 0.3) is 11.3 Å². The number of rotatable bonds is 1. The first kappa shape index (κ1) is 10.6. The largest absolute Gasteiger partial charge is 0.384 e. The van der Waals surface area contributed by atoms with Crippen molar-refractivity contribution in [3.8, 4) is 11.3 Å². The van der Waals surface area contributed by atoms with Gasteiger partial charge in [0.25, 0.3) is 0 Å². The maximum absolute atomic E-state index is 13.2. The molecule has 2 aromatic rings. The Bertz CT molecular complexity index is 504. The van der Waals surface area contributed by atoms with Crippen molar-refractivity contribution in [1.82, 2.24) is 9.78 Å². The van der Waals surface area contributed by atoms with Gasteiger partial charge < -0.3 is 5.73 Å². The summed E-state index contributed by atoms with van der Waals surface area (Å²) in [6.07, 6.45) is 0. The van der Waals surface area contributed by atoms with Crippen LogP contribution in [-0.2, 0) is 7.05 Å². The highest BCUT2D eigenvalue weighted by atomic mass is 19.2. The van der Waals surface area contributed by atoms with Crippen LogP contribution in [0.5, 0.6) is 0 Å². The molecule has 0 aliphatic carbocycles. The third-order valence-corrected chi connectivity index (χ3v) is 2.42.